The number of hydrogen-bond donors (Lipinski definition) is 1. The van der Waals surface area contributed by atoms with Crippen LogP contribution in [0.25, 0.3) is 0 Å². The molecule has 1 atom stereocenters. The fourth-order valence-electron chi connectivity index (χ4n) is 3.16. The molecule has 0 bridgehead atoms. The van der Waals surface area contributed by atoms with Crippen molar-refractivity contribution in [2.75, 3.05) is 27.7 Å². The number of carboxylic acids is 1. The van der Waals surface area contributed by atoms with E-state index in [1.165, 1.54) is 51.0 Å². The lowest BCUT2D eigenvalue weighted by atomic mass is 9.92. The molecule has 0 radical (unpaired) electrons. The summed E-state index contributed by atoms with van der Waals surface area (Å²) in [7, 11) is 5.42. The maximum Gasteiger partial charge on any atom is 0.193 e. The van der Waals surface area contributed by atoms with Crippen molar-refractivity contribution in [2.24, 2.45) is 0 Å². The van der Waals surface area contributed by atoms with Gasteiger partial charge in [-0.25, -0.2) is 0 Å². The van der Waals surface area contributed by atoms with Gasteiger partial charge in [0.1, 0.15) is 6.54 Å². The standard InChI is InChI=1S/C21H39NO4/c1-5-6-7-8-9-10-11-12-13-14-15-16-19(23)21(26,17-20(24)25)18-22(2,3)4/h15-16,26H,5-14,17-18H2,1-4H3/b16-15+. The average Bonchev–Trinajstić information content (AvgIpc) is 2.49. The molecule has 5 nitrogen and oxygen atoms in total. The molecule has 0 rings (SSSR count). The van der Waals surface area contributed by atoms with Crippen LogP contribution in [0.2, 0.25) is 0 Å². The van der Waals surface area contributed by atoms with Crippen LogP contribution in [0.5, 0.6) is 0 Å². The van der Waals surface area contributed by atoms with Crippen LogP contribution in [0.1, 0.15) is 77.6 Å². The van der Waals surface area contributed by atoms with E-state index in [1.54, 1.807) is 27.2 Å². The first-order valence-corrected chi connectivity index (χ1v) is 10.0. The highest BCUT2D eigenvalue weighted by atomic mass is 16.4. The van der Waals surface area contributed by atoms with Crippen LogP contribution in [0.15, 0.2) is 12.2 Å². The maximum atomic E-state index is 12.3. The summed E-state index contributed by atoms with van der Waals surface area (Å²) < 4.78 is 0.293. The van der Waals surface area contributed by atoms with Gasteiger partial charge in [0, 0.05) is 12.4 Å². The van der Waals surface area contributed by atoms with E-state index in [0.29, 0.717) is 4.48 Å². The Morgan fingerprint density at radius 3 is 1.92 bits per heavy atom. The lowest BCUT2D eigenvalue weighted by molar-refractivity contribution is -0.875. The van der Waals surface area contributed by atoms with E-state index in [-0.39, 0.29) is 6.54 Å². The minimum absolute atomic E-state index is 0.0299. The molecular formula is C21H39NO4. The second-order valence-electron chi connectivity index (χ2n) is 8.41. The molecule has 0 saturated heterocycles. The second-order valence-corrected chi connectivity index (χ2v) is 8.41. The number of rotatable bonds is 16. The fourth-order valence-corrected chi connectivity index (χ4v) is 3.16. The van der Waals surface area contributed by atoms with Crippen molar-refractivity contribution in [2.45, 2.75) is 83.2 Å². The van der Waals surface area contributed by atoms with Crippen LogP contribution < -0.4 is 5.11 Å². The summed E-state index contributed by atoms with van der Waals surface area (Å²) in [5, 5.41) is 21.4. The third-order valence-electron chi connectivity index (χ3n) is 4.37. The smallest absolute Gasteiger partial charge is 0.193 e. The summed E-state index contributed by atoms with van der Waals surface area (Å²) in [4.78, 5) is 23.2. The monoisotopic (exact) mass is 369 g/mol. The minimum atomic E-state index is -1.91. The van der Waals surface area contributed by atoms with Gasteiger partial charge in [0.2, 0.25) is 0 Å². The lowest BCUT2D eigenvalue weighted by Crippen LogP contribution is -2.55. The highest BCUT2D eigenvalue weighted by molar-refractivity contribution is 5.99. The van der Waals surface area contributed by atoms with E-state index in [9.17, 15) is 19.8 Å². The molecule has 0 amide bonds. The molecule has 152 valence electrons. The maximum absolute atomic E-state index is 12.3. The molecule has 1 unspecified atom stereocenters. The van der Waals surface area contributed by atoms with Gasteiger partial charge in [-0.2, -0.15) is 0 Å². The van der Waals surface area contributed by atoms with E-state index in [4.69, 9.17) is 0 Å². The summed E-state index contributed by atoms with van der Waals surface area (Å²) >= 11 is 0. The van der Waals surface area contributed by atoms with Gasteiger partial charge in [-0.1, -0.05) is 64.4 Å². The summed E-state index contributed by atoms with van der Waals surface area (Å²) in [6.45, 7) is 2.25. The molecule has 26 heavy (non-hydrogen) atoms. The molecule has 0 aromatic carbocycles. The van der Waals surface area contributed by atoms with Crippen molar-refractivity contribution in [3.8, 4) is 0 Å². The van der Waals surface area contributed by atoms with Crippen LogP contribution in [-0.2, 0) is 9.59 Å². The third kappa shape index (κ3) is 13.1. The van der Waals surface area contributed by atoms with Crippen molar-refractivity contribution in [3.05, 3.63) is 12.2 Å². The van der Waals surface area contributed by atoms with Gasteiger partial charge in [-0.15, -0.1) is 0 Å². The Kier molecular flexibility index (Phi) is 12.4. The Morgan fingerprint density at radius 2 is 1.46 bits per heavy atom. The Labute approximate surface area is 159 Å². The zero-order valence-corrected chi connectivity index (χ0v) is 17.3. The number of nitrogens with zero attached hydrogens (tertiary/aromatic N) is 1. The molecule has 0 aromatic heterocycles. The number of allylic oxidation sites excluding steroid dienone is 1. The molecule has 0 saturated carbocycles. The van der Waals surface area contributed by atoms with Crippen molar-refractivity contribution in [1.82, 2.24) is 0 Å². The molecule has 0 aromatic rings. The van der Waals surface area contributed by atoms with Crippen molar-refractivity contribution in [1.29, 1.82) is 0 Å². The van der Waals surface area contributed by atoms with Crippen molar-refractivity contribution in [3.63, 3.8) is 0 Å². The van der Waals surface area contributed by atoms with Crippen molar-refractivity contribution < 1.29 is 24.3 Å². The van der Waals surface area contributed by atoms with E-state index in [2.05, 4.69) is 6.92 Å². The summed E-state index contributed by atoms with van der Waals surface area (Å²) in [5.74, 6) is -1.97. The number of unbranched alkanes of at least 4 members (excludes halogenated alkanes) is 9. The highest BCUT2D eigenvalue weighted by Gasteiger charge is 2.39. The van der Waals surface area contributed by atoms with Gasteiger partial charge in [0.15, 0.2) is 11.4 Å². The third-order valence-corrected chi connectivity index (χ3v) is 4.37. The predicted molar refractivity (Wildman–Crippen MR) is 103 cm³/mol. The van der Waals surface area contributed by atoms with E-state index < -0.39 is 23.8 Å². The van der Waals surface area contributed by atoms with E-state index in [0.717, 1.165) is 19.3 Å². The van der Waals surface area contributed by atoms with Gasteiger partial charge in [0.25, 0.3) is 0 Å². The van der Waals surface area contributed by atoms with Gasteiger partial charge in [-0.3, -0.25) is 4.79 Å². The van der Waals surface area contributed by atoms with Crippen LogP contribution in [0.3, 0.4) is 0 Å². The Morgan fingerprint density at radius 1 is 0.962 bits per heavy atom. The van der Waals surface area contributed by atoms with Crippen LogP contribution in [0, 0.1) is 0 Å². The molecule has 0 fully saturated rings. The molecule has 0 aliphatic heterocycles. The zero-order chi connectivity index (χ0) is 20.1. The molecular weight excluding hydrogens is 330 g/mol. The second kappa shape index (κ2) is 13.0. The first-order chi connectivity index (χ1) is 12.1. The number of aliphatic carboxylic acids is 1. The number of aliphatic hydroxyl groups is 1. The highest BCUT2D eigenvalue weighted by Crippen LogP contribution is 2.17. The van der Waals surface area contributed by atoms with E-state index in [1.807, 2.05) is 0 Å². The summed E-state index contributed by atoms with van der Waals surface area (Å²) in [5.41, 5.74) is -1.91. The number of carbonyl (C=O) groups is 2. The van der Waals surface area contributed by atoms with Gasteiger partial charge >= 0.3 is 0 Å². The van der Waals surface area contributed by atoms with Gasteiger partial charge in [0.05, 0.1) is 21.1 Å². The quantitative estimate of drug-likeness (QED) is 0.258. The Bertz CT molecular complexity index is 440. The number of ketones is 1. The summed E-state index contributed by atoms with van der Waals surface area (Å²) in [6.07, 6.45) is 14.4. The summed E-state index contributed by atoms with van der Waals surface area (Å²) in [6, 6.07) is 0. The van der Waals surface area contributed by atoms with Crippen molar-refractivity contribution >= 4 is 11.8 Å². The molecule has 0 aliphatic carbocycles. The number of carboxylic acid groups (broad SMARTS) is 1. The normalized spacial score (nSPS) is 14.5. The van der Waals surface area contributed by atoms with Crippen LogP contribution in [-0.4, -0.2) is 54.6 Å². The molecule has 0 spiro atoms. The SMILES string of the molecule is CCCCCCCCCCC/C=C/C(=O)C(O)(CC(=O)[O-])C[N+](C)(C)C. The Balaban J connectivity index is 4.15. The first-order valence-electron chi connectivity index (χ1n) is 10.0. The minimum Gasteiger partial charge on any atom is -0.550 e. The van der Waals surface area contributed by atoms with Gasteiger partial charge < -0.3 is 19.5 Å². The van der Waals surface area contributed by atoms with E-state index >= 15 is 0 Å². The predicted octanol–water partition coefficient (Wildman–Crippen LogP) is 2.61. The first kappa shape index (κ1) is 24.8. The molecule has 5 heteroatoms. The fraction of sp³-hybridized carbons (Fsp3) is 0.810. The topological polar surface area (TPSA) is 77.4 Å². The van der Waals surface area contributed by atoms with Gasteiger partial charge in [-0.05, 0) is 18.9 Å². The number of carbonyl (C=O) groups excluding carboxylic acids is 2. The average molecular weight is 370 g/mol. The zero-order valence-electron chi connectivity index (χ0n) is 17.3. The molecule has 0 aliphatic rings. The number of quaternary nitrogens is 1. The molecule has 1 N–H and O–H groups in total. The number of likely N-dealkylation sites (N-methyl/N-ethyl adjacent to an activating group) is 1. The Hall–Kier alpha value is -1.20. The van der Waals surface area contributed by atoms with Crippen LogP contribution >= 0.6 is 0 Å². The van der Waals surface area contributed by atoms with Crippen LogP contribution in [0.4, 0.5) is 0 Å². The molecule has 0 heterocycles. The largest absolute Gasteiger partial charge is 0.550 e. The lowest BCUT2D eigenvalue weighted by Gasteiger charge is -2.34. The number of hydrogen-bond acceptors (Lipinski definition) is 4.